The number of Topliss-reactive ketones (excluding diaryl/α,β-unsaturated/α-hetero) is 1. The second kappa shape index (κ2) is 8.68. The van der Waals surface area contributed by atoms with Gasteiger partial charge in [0.1, 0.15) is 11.6 Å². The van der Waals surface area contributed by atoms with E-state index in [9.17, 15) is 14.0 Å². The number of carbonyl (C=O) groups excluding carboxylic acids is 2. The lowest BCUT2D eigenvalue weighted by molar-refractivity contribution is -0.144. The topological polar surface area (TPSA) is 71.1 Å². The number of carbonyl (C=O) groups is 2. The zero-order chi connectivity index (χ0) is 18.2. The highest BCUT2D eigenvalue weighted by molar-refractivity contribution is 5.98. The summed E-state index contributed by atoms with van der Waals surface area (Å²) in [5, 5.41) is 0. The quantitative estimate of drug-likeness (QED) is 0.539. The maximum atomic E-state index is 13.0. The lowest BCUT2D eigenvalue weighted by Crippen LogP contribution is -2.19. The second-order valence-corrected chi connectivity index (χ2v) is 4.90. The van der Waals surface area contributed by atoms with Crippen molar-refractivity contribution >= 4 is 11.8 Å². The van der Waals surface area contributed by atoms with E-state index in [1.165, 1.54) is 38.5 Å². The Morgan fingerprint density at radius 2 is 1.72 bits per heavy atom. The first-order valence-corrected chi connectivity index (χ1v) is 7.32. The Morgan fingerprint density at radius 1 is 0.960 bits per heavy atom. The maximum Gasteiger partial charge on any atom is 0.344 e. The Kier molecular flexibility index (Phi) is 6.33. The van der Waals surface area contributed by atoms with E-state index in [4.69, 9.17) is 18.9 Å². The van der Waals surface area contributed by atoms with Crippen molar-refractivity contribution in [2.75, 3.05) is 27.4 Å². The van der Waals surface area contributed by atoms with Crippen LogP contribution in [0, 0.1) is 5.82 Å². The van der Waals surface area contributed by atoms with E-state index in [-0.39, 0.29) is 5.75 Å². The number of ketones is 1. The van der Waals surface area contributed by atoms with Crippen molar-refractivity contribution in [1.82, 2.24) is 0 Å². The van der Waals surface area contributed by atoms with Crippen LogP contribution in [0.4, 0.5) is 4.39 Å². The monoisotopic (exact) mass is 348 g/mol. The first kappa shape index (κ1) is 18.3. The van der Waals surface area contributed by atoms with Crippen LogP contribution in [0.2, 0.25) is 0 Å². The van der Waals surface area contributed by atoms with E-state index in [1.807, 2.05) is 0 Å². The molecule has 7 heteroatoms. The third-order valence-corrected chi connectivity index (χ3v) is 3.22. The molecular weight excluding hydrogens is 331 g/mol. The van der Waals surface area contributed by atoms with E-state index in [0.717, 1.165) is 6.07 Å². The average Bonchev–Trinajstić information content (AvgIpc) is 2.63. The zero-order valence-corrected chi connectivity index (χ0v) is 13.8. The highest BCUT2D eigenvalue weighted by Gasteiger charge is 2.13. The number of rotatable bonds is 8. The molecule has 0 bridgehead atoms. The molecule has 0 fully saturated rings. The third-order valence-electron chi connectivity index (χ3n) is 3.22. The van der Waals surface area contributed by atoms with Crippen molar-refractivity contribution in [1.29, 1.82) is 0 Å². The minimum Gasteiger partial charge on any atom is -0.493 e. The number of methoxy groups -OCH3 is 2. The molecule has 0 N–H and O–H groups in total. The standard InChI is InChI=1S/C18H17FO6/c1-22-16-7-6-12(8-17(16)23-2)15(20)10-25-18(21)11-24-14-5-3-4-13(19)9-14/h3-9H,10-11H2,1-2H3. The Morgan fingerprint density at radius 3 is 2.40 bits per heavy atom. The van der Waals surface area contributed by atoms with Crippen LogP contribution >= 0.6 is 0 Å². The van der Waals surface area contributed by atoms with Gasteiger partial charge < -0.3 is 18.9 Å². The molecule has 0 atom stereocenters. The van der Waals surface area contributed by atoms with E-state index in [0.29, 0.717) is 17.1 Å². The molecule has 6 nitrogen and oxygen atoms in total. The molecule has 0 amide bonds. The van der Waals surface area contributed by atoms with Crippen LogP contribution < -0.4 is 14.2 Å². The number of hydrogen-bond acceptors (Lipinski definition) is 6. The van der Waals surface area contributed by atoms with Crippen LogP contribution in [0.5, 0.6) is 17.2 Å². The summed E-state index contributed by atoms with van der Waals surface area (Å²) in [7, 11) is 2.94. The molecule has 2 aromatic carbocycles. The zero-order valence-electron chi connectivity index (χ0n) is 13.8. The average molecular weight is 348 g/mol. The van der Waals surface area contributed by atoms with Crippen LogP contribution in [0.1, 0.15) is 10.4 Å². The van der Waals surface area contributed by atoms with Gasteiger partial charge in [-0.3, -0.25) is 4.79 Å². The van der Waals surface area contributed by atoms with Gasteiger partial charge in [-0.2, -0.15) is 0 Å². The van der Waals surface area contributed by atoms with Gasteiger partial charge in [0.05, 0.1) is 14.2 Å². The highest BCUT2D eigenvalue weighted by atomic mass is 19.1. The molecular formula is C18H17FO6. The van der Waals surface area contributed by atoms with E-state index in [1.54, 1.807) is 12.1 Å². The molecule has 0 unspecified atom stereocenters. The predicted molar refractivity (Wildman–Crippen MR) is 86.7 cm³/mol. The minimum atomic E-state index is -0.738. The van der Waals surface area contributed by atoms with Crippen molar-refractivity contribution in [3.63, 3.8) is 0 Å². The summed E-state index contributed by atoms with van der Waals surface area (Å²) < 4.78 is 33.1. The van der Waals surface area contributed by atoms with Gasteiger partial charge >= 0.3 is 5.97 Å². The molecule has 0 heterocycles. The van der Waals surface area contributed by atoms with Crippen molar-refractivity contribution in [3.05, 3.63) is 53.8 Å². The Labute approximate surface area is 144 Å². The minimum absolute atomic E-state index is 0.197. The summed E-state index contributed by atoms with van der Waals surface area (Å²) in [4.78, 5) is 23.7. The Bertz CT molecular complexity index is 759. The number of hydrogen-bond donors (Lipinski definition) is 0. The van der Waals surface area contributed by atoms with Gasteiger partial charge in [-0.25, -0.2) is 9.18 Å². The van der Waals surface area contributed by atoms with Gasteiger partial charge in [-0.05, 0) is 30.3 Å². The fraction of sp³-hybridized carbons (Fsp3) is 0.222. The van der Waals surface area contributed by atoms with Gasteiger partial charge in [0.15, 0.2) is 30.5 Å². The van der Waals surface area contributed by atoms with Crippen molar-refractivity contribution in [2.45, 2.75) is 0 Å². The fourth-order valence-electron chi connectivity index (χ4n) is 1.98. The summed E-state index contributed by atoms with van der Waals surface area (Å²) in [5.74, 6) is -0.538. The normalized spacial score (nSPS) is 10.0. The van der Waals surface area contributed by atoms with Crippen LogP contribution in [0.15, 0.2) is 42.5 Å². The molecule has 0 aliphatic carbocycles. The van der Waals surface area contributed by atoms with E-state index < -0.39 is 30.8 Å². The molecule has 132 valence electrons. The molecule has 2 aromatic rings. The molecule has 0 saturated heterocycles. The summed E-state index contributed by atoms with van der Waals surface area (Å²) in [6.45, 7) is -0.872. The molecule has 0 aromatic heterocycles. The third kappa shape index (κ3) is 5.20. The molecule has 2 rings (SSSR count). The molecule has 0 spiro atoms. The largest absolute Gasteiger partial charge is 0.493 e. The lowest BCUT2D eigenvalue weighted by atomic mass is 10.1. The first-order valence-electron chi connectivity index (χ1n) is 7.32. The van der Waals surface area contributed by atoms with Crippen LogP contribution in [-0.2, 0) is 9.53 Å². The van der Waals surface area contributed by atoms with Gasteiger partial charge in [0, 0.05) is 11.6 Å². The Balaban J connectivity index is 1.85. The summed E-state index contributed by atoms with van der Waals surface area (Å²) >= 11 is 0. The molecule has 0 radical (unpaired) electrons. The fourth-order valence-corrected chi connectivity index (χ4v) is 1.98. The first-order chi connectivity index (χ1) is 12.0. The van der Waals surface area contributed by atoms with Gasteiger partial charge in [0.2, 0.25) is 0 Å². The van der Waals surface area contributed by atoms with Gasteiger partial charge in [-0.1, -0.05) is 6.07 Å². The summed E-state index contributed by atoms with van der Waals surface area (Å²) in [6.07, 6.45) is 0. The SMILES string of the molecule is COc1ccc(C(=O)COC(=O)COc2cccc(F)c2)cc1OC. The van der Waals surface area contributed by atoms with Gasteiger partial charge in [-0.15, -0.1) is 0 Å². The number of esters is 1. The molecule has 0 aliphatic rings. The number of ether oxygens (including phenoxy) is 4. The maximum absolute atomic E-state index is 13.0. The Hall–Kier alpha value is -3.09. The van der Waals surface area contributed by atoms with Crippen LogP contribution in [-0.4, -0.2) is 39.2 Å². The van der Waals surface area contributed by atoms with E-state index >= 15 is 0 Å². The molecule has 0 aliphatic heterocycles. The number of halogens is 1. The van der Waals surface area contributed by atoms with Crippen molar-refractivity contribution in [2.24, 2.45) is 0 Å². The van der Waals surface area contributed by atoms with Crippen molar-refractivity contribution < 1.29 is 32.9 Å². The molecule has 0 saturated carbocycles. The summed E-state index contributed by atoms with van der Waals surface area (Å²) in [6, 6.07) is 9.98. The van der Waals surface area contributed by atoms with Crippen LogP contribution in [0.3, 0.4) is 0 Å². The van der Waals surface area contributed by atoms with E-state index in [2.05, 4.69) is 0 Å². The van der Waals surface area contributed by atoms with Crippen LogP contribution in [0.25, 0.3) is 0 Å². The smallest absolute Gasteiger partial charge is 0.344 e. The van der Waals surface area contributed by atoms with Crippen molar-refractivity contribution in [3.8, 4) is 17.2 Å². The number of benzene rings is 2. The summed E-state index contributed by atoms with van der Waals surface area (Å²) in [5.41, 5.74) is 0.316. The van der Waals surface area contributed by atoms with Gasteiger partial charge in [0.25, 0.3) is 0 Å². The lowest BCUT2D eigenvalue weighted by Gasteiger charge is -2.09. The molecule has 25 heavy (non-hydrogen) atoms. The predicted octanol–water partition coefficient (Wildman–Crippen LogP) is 2.65. The second-order valence-electron chi connectivity index (χ2n) is 4.90. The highest BCUT2D eigenvalue weighted by Crippen LogP contribution is 2.27.